The number of benzene rings is 3. The van der Waals surface area contributed by atoms with Crippen molar-refractivity contribution in [2.75, 3.05) is 0 Å². The first kappa shape index (κ1) is 25.3. The second kappa shape index (κ2) is 15.8. The summed E-state index contributed by atoms with van der Waals surface area (Å²) in [5.41, 5.74) is 2.21. The van der Waals surface area contributed by atoms with Crippen LogP contribution in [-0.4, -0.2) is 3.81 Å². The minimum absolute atomic E-state index is 0.823. The summed E-state index contributed by atoms with van der Waals surface area (Å²) in [5.74, 6) is 1.65. The third kappa shape index (κ3) is 11.4. The molecule has 0 heterocycles. The van der Waals surface area contributed by atoms with Crippen molar-refractivity contribution in [3.8, 4) is 5.75 Å². The van der Waals surface area contributed by atoms with E-state index in [1.54, 1.807) is 0 Å². The van der Waals surface area contributed by atoms with E-state index in [1.165, 1.54) is 3.81 Å². The molecule has 0 saturated carbocycles. The molecule has 0 amide bonds. The van der Waals surface area contributed by atoms with Gasteiger partial charge in [0, 0.05) is 5.56 Å². The van der Waals surface area contributed by atoms with E-state index < -0.39 is 0 Å². The maximum Gasteiger partial charge on any atom is -0.109 e. The summed E-state index contributed by atoms with van der Waals surface area (Å²) in [6.07, 6.45) is 16.1. The summed E-state index contributed by atoms with van der Waals surface area (Å²) in [6, 6.07) is 30.2. The molecule has 0 spiro atoms. The van der Waals surface area contributed by atoms with Gasteiger partial charge in [0.25, 0.3) is 0 Å². The number of ether oxygens (including phenoxy) is 1. The number of allylic oxidation sites excluding steroid dienone is 6. The van der Waals surface area contributed by atoms with E-state index in [9.17, 15) is 0 Å². The summed E-state index contributed by atoms with van der Waals surface area (Å²) < 4.78 is 7.46. The van der Waals surface area contributed by atoms with Crippen LogP contribution in [0, 0.1) is 6.08 Å². The van der Waals surface area contributed by atoms with Gasteiger partial charge < -0.3 is 4.74 Å². The van der Waals surface area contributed by atoms with Crippen molar-refractivity contribution in [1.29, 1.82) is 0 Å². The van der Waals surface area contributed by atoms with Gasteiger partial charge in [0.05, 0.1) is 0 Å². The Morgan fingerprint density at radius 1 is 0.844 bits per heavy atom. The molecule has 0 radical (unpaired) electrons. The van der Waals surface area contributed by atoms with Gasteiger partial charge in [-0.2, -0.15) is 6.08 Å². The molecular weight excluding hydrogens is 424 g/mol. The molecule has 0 saturated heterocycles. The summed E-state index contributed by atoms with van der Waals surface area (Å²) >= 11 is 2.08. The molecule has 3 aromatic rings. The molecule has 0 atom stereocenters. The molecule has 32 heavy (non-hydrogen) atoms. The molecule has 0 bridgehead atoms. The Morgan fingerprint density at radius 3 is 1.91 bits per heavy atom. The Morgan fingerprint density at radius 2 is 1.41 bits per heavy atom. The number of hydrogen-bond donors (Lipinski definition) is 0. The van der Waals surface area contributed by atoms with E-state index in [0.29, 0.717) is 0 Å². The Labute approximate surface area is 204 Å². The zero-order chi connectivity index (χ0) is 22.9. The van der Waals surface area contributed by atoms with Crippen molar-refractivity contribution in [2.24, 2.45) is 0 Å². The average molecular weight is 453 g/mol. The van der Waals surface area contributed by atoms with Crippen LogP contribution in [0.1, 0.15) is 31.4 Å². The zero-order valence-corrected chi connectivity index (χ0v) is 20.3. The molecule has 3 aromatic carbocycles. The van der Waals surface area contributed by atoms with Gasteiger partial charge in [-0.05, 0) is 23.8 Å². The van der Waals surface area contributed by atoms with Crippen LogP contribution in [0.25, 0.3) is 11.8 Å². The average Bonchev–Trinajstić information content (AvgIpc) is 3.41. The zero-order valence-electron chi connectivity index (χ0n) is 18.7. The molecular formula is C30H29OTi. The molecule has 159 valence electrons. The van der Waals surface area contributed by atoms with Gasteiger partial charge in [0.15, 0.2) is 0 Å². The van der Waals surface area contributed by atoms with Crippen molar-refractivity contribution in [1.82, 2.24) is 0 Å². The van der Waals surface area contributed by atoms with Crippen LogP contribution in [0.2, 0.25) is 0 Å². The van der Waals surface area contributed by atoms with Crippen LogP contribution in [0.15, 0.2) is 121 Å². The van der Waals surface area contributed by atoms with E-state index in [1.807, 2.05) is 103 Å². The minimum Gasteiger partial charge on any atom is -0.273 e. The number of hydrogen-bond acceptors (Lipinski definition) is 1. The normalized spacial score (nSPS) is 11.9. The van der Waals surface area contributed by atoms with E-state index in [4.69, 9.17) is 4.74 Å². The molecule has 0 aromatic heterocycles. The third-order valence-electron chi connectivity index (χ3n) is 3.95. The van der Waals surface area contributed by atoms with Crippen LogP contribution in [-0.2, 0) is 20.0 Å². The second-order valence-electron chi connectivity index (χ2n) is 7.08. The predicted octanol–water partition coefficient (Wildman–Crippen LogP) is 7.87. The first-order valence-electron chi connectivity index (χ1n) is 10.6. The predicted molar refractivity (Wildman–Crippen MR) is 135 cm³/mol. The smallest absolute Gasteiger partial charge is 0.109 e. The minimum atomic E-state index is 0.823. The van der Waals surface area contributed by atoms with E-state index in [-0.39, 0.29) is 0 Å². The van der Waals surface area contributed by atoms with Gasteiger partial charge in [-0.3, -0.25) is 6.08 Å². The molecule has 0 N–H and O–H groups in total. The number of rotatable bonds is 5. The molecule has 0 unspecified atom stereocenters. The van der Waals surface area contributed by atoms with E-state index in [2.05, 4.69) is 64.2 Å². The Hall–Kier alpha value is -3.00. The Balaban J connectivity index is 0.000000338. The Bertz CT molecular complexity index is 1020. The molecule has 1 nitrogen and oxygen atoms in total. The van der Waals surface area contributed by atoms with E-state index >= 15 is 0 Å². The maximum atomic E-state index is 6.05. The van der Waals surface area contributed by atoms with Crippen molar-refractivity contribution >= 4 is 15.6 Å². The molecule has 2 heteroatoms. The van der Waals surface area contributed by atoms with Crippen LogP contribution < -0.4 is 4.74 Å². The quantitative estimate of drug-likeness (QED) is 0.165. The molecule has 0 aliphatic heterocycles. The van der Waals surface area contributed by atoms with Gasteiger partial charge in [0.1, 0.15) is 11.5 Å². The van der Waals surface area contributed by atoms with Crippen molar-refractivity contribution in [2.45, 2.75) is 20.3 Å². The van der Waals surface area contributed by atoms with Crippen LogP contribution >= 0.6 is 0 Å². The van der Waals surface area contributed by atoms with Gasteiger partial charge in [-0.15, -0.1) is 6.42 Å². The second-order valence-corrected chi connectivity index (χ2v) is 8.65. The maximum absolute atomic E-state index is 6.05. The summed E-state index contributed by atoms with van der Waals surface area (Å²) in [5, 5.41) is 0. The SMILES string of the molecule is C(=Cc1ccccc1)C=C(Oc1ccccc1)c1ccccc1.C[C](C)=[Ti+].[C-]1=CC=CC1. The largest absolute Gasteiger partial charge is 0.273 e. The number of para-hydroxylation sites is 1. The third-order valence-corrected chi connectivity index (χ3v) is 3.95. The Kier molecular flexibility index (Phi) is 12.4. The summed E-state index contributed by atoms with van der Waals surface area (Å²) in [6.45, 7) is 4.17. The fraction of sp³-hybridized carbons (Fsp3) is 0.100. The topological polar surface area (TPSA) is 9.23 Å². The van der Waals surface area contributed by atoms with Gasteiger partial charge in [0.2, 0.25) is 0 Å². The van der Waals surface area contributed by atoms with Crippen LogP contribution in [0.3, 0.4) is 0 Å². The molecule has 1 aliphatic rings. The standard InChI is InChI=1S/C22H18O.C5H5.C3H6.Ti/c1-4-11-19(12-5-1)13-10-18-22(20-14-6-2-7-15-20)23-21-16-8-3-9-17-21;1-2-4-5-3-1;1-3-2;/h1-18H;1-3H,4H2;1-2H3;/q;-1;;+1. The first-order chi connectivity index (χ1) is 15.6. The van der Waals surface area contributed by atoms with Crippen molar-refractivity contribution < 1.29 is 24.7 Å². The van der Waals surface area contributed by atoms with Crippen molar-refractivity contribution in [3.63, 3.8) is 0 Å². The molecule has 1 aliphatic carbocycles. The van der Waals surface area contributed by atoms with Crippen LogP contribution in [0.5, 0.6) is 5.75 Å². The molecule has 0 fully saturated rings. The first-order valence-corrected chi connectivity index (χ1v) is 11.4. The van der Waals surface area contributed by atoms with Crippen LogP contribution in [0.4, 0.5) is 0 Å². The van der Waals surface area contributed by atoms with Crippen molar-refractivity contribution in [3.05, 3.63) is 139 Å². The summed E-state index contributed by atoms with van der Waals surface area (Å²) in [7, 11) is 0. The van der Waals surface area contributed by atoms with Gasteiger partial charge >= 0.3 is 37.6 Å². The monoisotopic (exact) mass is 453 g/mol. The van der Waals surface area contributed by atoms with E-state index in [0.717, 1.165) is 29.1 Å². The molecule has 4 rings (SSSR count). The van der Waals surface area contributed by atoms with Gasteiger partial charge in [-0.1, -0.05) is 91.0 Å². The summed E-state index contributed by atoms with van der Waals surface area (Å²) in [4.78, 5) is 0. The fourth-order valence-corrected chi connectivity index (χ4v) is 2.56. The van der Waals surface area contributed by atoms with Gasteiger partial charge in [-0.25, -0.2) is 12.2 Å². The fourth-order valence-electron chi connectivity index (χ4n) is 2.56.